The number of piperidine rings is 1. The molecule has 1 aliphatic rings. The average Bonchev–Trinajstić information content (AvgIpc) is 2.93. The number of hydrogen-bond acceptors (Lipinski definition) is 4. The zero-order chi connectivity index (χ0) is 16.4. The Bertz CT molecular complexity index is 752. The predicted molar refractivity (Wildman–Crippen MR) is 90.5 cm³/mol. The Labute approximate surface area is 140 Å². The molecule has 0 spiro atoms. The van der Waals surface area contributed by atoms with Crippen LogP contribution in [0.25, 0.3) is 0 Å². The number of nitriles is 1. The number of aromatic nitrogens is 1. The molecule has 5 heteroatoms. The Balaban J connectivity index is 1.77. The number of thiazole rings is 1. The lowest BCUT2D eigenvalue weighted by atomic mass is 9.74. The van der Waals surface area contributed by atoms with E-state index >= 15 is 0 Å². The molecule has 3 rings (SSSR count). The Morgan fingerprint density at radius 2 is 1.91 bits per heavy atom. The lowest BCUT2D eigenvalue weighted by Gasteiger charge is -2.37. The molecule has 1 fully saturated rings. The van der Waals surface area contributed by atoms with E-state index in [-0.39, 0.29) is 5.91 Å². The van der Waals surface area contributed by atoms with Crippen LogP contribution in [0.1, 0.15) is 38.8 Å². The number of benzene rings is 1. The van der Waals surface area contributed by atoms with E-state index in [1.165, 1.54) is 0 Å². The van der Waals surface area contributed by atoms with Crippen molar-refractivity contribution in [2.75, 3.05) is 13.1 Å². The molecule has 118 valence electrons. The molecule has 0 atom stereocenters. The molecule has 0 saturated carbocycles. The summed E-state index contributed by atoms with van der Waals surface area (Å²) in [5.41, 5.74) is 1.14. The maximum atomic E-state index is 12.7. The summed E-state index contributed by atoms with van der Waals surface area (Å²) in [6.07, 6.45) is 1.34. The zero-order valence-corrected chi connectivity index (χ0v) is 14.2. The maximum absolute atomic E-state index is 12.7. The van der Waals surface area contributed by atoms with Crippen LogP contribution < -0.4 is 0 Å². The van der Waals surface area contributed by atoms with Crippen LogP contribution in [-0.2, 0) is 5.41 Å². The van der Waals surface area contributed by atoms with Crippen molar-refractivity contribution >= 4 is 17.2 Å². The maximum Gasteiger partial charge on any atom is 0.273 e. The van der Waals surface area contributed by atoms with E-state index in [1.54, 1.807) is 11.3 Å². The van der Waals surface area contributed by atoms with E-state index in [1.807, 2.05) is 49.1 Å². The van der Waals surface area contributed by atoms with Gasteiger partial charge in [0.15, 0.2) is 0 Å². The van der Waals surface area contributed by atoms with Crippen LogP contribution in [0.2, 0.25) is 0 Å². The predicted octanol–water partition coefficient (Wildman–Crippen LogP) is 3.46. The van der Waals surface area contributed by atoms with Crippen LogP contribution >= 0.6 is 11.3 Å². The number of carbonyl (C=O) groups is 1. The van der Waals surface area contributed by atoms with Crippen molar-refractivity contribution in [3.05, 3.63) is 51.5 Å². The monoisotopic (exact) mass is 325 g/mol. The van der Waals surface area contributed by atoms with Gasteiger partial charge in [-0.15, -0.1) is 11.3 Å². The van der Waals surface area contributed by atoms with Crippen LogP contribution in [0, 0.1) is 25.2 Å². The van der Waals surface area contributed by atoms with Crippen molar-refractivity contribution in [1.29, 1.82) is 5.26 Å². The molecule has 0 aliphatic carbocycles. The van der Waals surface area contributed by atoms with Gasteiger partial charge in [-0.1, -0.05) is 30.3 Å². The van der Waals surface area contributed by atoms with E-state index in [0.29, 0.717) is 31.6 Å². The smallest absolute Gasteiger partial charge is 0.273 e. The Morgan fingerprint density at radius 1 is 1.26 bits per heavy atom. The molecular formula is C18H19N3OS. The van der Waals surface area contributed by atoms with Gasteiger partial charge in [0.2, 0.25) is 0 Å². The fourth-order valence-corrected chi connectivity index (χ4v) is 4.00. The van der Waals surface area contributed by atoms with Gasteiger partial charge in [0.05, 0.1) is 16.5 Å². The highest BCUT2D eigenvalue weighted by molar-refractivity contribution is 7.11. The van der Waals surface area contributed by atoms with Crippen molar-refractivity contribution in [2.24, 2.45) is 0 Å². The molecule has 0 radical (unpaired) electrons. The first kappa shape index (κ1) is 15.7. The molecule has 23 heavy (non-hydrogen) atoms. The Hall–Kier alpha value is -2.19. The molecule has 1 amide bonds. The number of rotatable bonds is 2. The molecule has 1 aliphatic heterocycles. The second-order valence-corrected chi connectivity index (χ2v) is 7.40. The van der Waals surface area contributed by atoms with Crippen LogP contribution in [0.15, 0.2) is 30.3 Å². The lowest BCUT2D eigenvalue weighted by Crippen LogP contribution is -2.44. The first-order chi connectivity index (χ1) is 11.1. The first-order valence-electron chi connectivity index (χ1n) is 7.76. The van der Waals surface area contributed by atoms with E-state index < -0.39 is 5.41 Å². The molecule has 2 heterocycles. The van der Waals surface area contributed by atoms with Gasteiger partial charge in [0.1, 0.15) is 5.69 Å². The summed E-state index contributed by atoms with van der Waals surface area (Å²) in [5, 5.41) is 10.6. The highest BCUT2D eigenvalue weighted by Gasteiger charge is 2.38. The minimum Gasteiger partial charge on any atom is -0.337 e. The van der Waals surface area contributed by atoms with Crippen LogP contribution in [0.4, 0.5) is 0 Å². The highest BCUT2D eigenvalue weighted by atomic mass is 32.1. The largest absolute Gasteiger partial charge is 0.337 e. The van der Waals surface area contributed by atoms with Gasteiger partial charge >= 0.3 is 0 Å². The minimum atomic E-state index is -0.481. The quantitative estimate of drug-likeness (QED) is 0.849. The topological polar surface area (TPSA) is 57.0 Å². The summed E-state index contributed by atoms with van der Waals surface area (Å²) in [6.45, 7) is 5.04. The van der Waals surface area contributed by atoms with Crippen molar-refractivity contribution < 1.29 is 4.79 Å². The minimum absolute atomic E-state index is 0.00792. The molecule has 0 unspecified atom stereocenters. The summed E-state index contributed by atoms with van der Waals surface area (Å²) in [7, 11) is 0. The van der Waals surface area contributed by atoms with Crippen molar-refractivity contribution in [1.82, 2.24) is 9.88 Å². The molecule has 1 aromatic carbocycles. The van der Waals surface area contributed by atoms with E-state index in [2.05, 4.69) is 11.1 Å². The first-order valence-corrected chi connectivity index (χ1v) is 8.57. The van der Waals surface area contributed by atoms with Gasteiger partial charge in [-0.05, 0) is 32.3 Å². The molecule has 2 aromatic rings. The number of likely N-dealkylation sites (tertiary alicyclic amines) is 1. The van der Waals surface area contributed by atoms with E-state index in [0.717, 1.165) is 15.4 Å². The van der Waals surface area contributed by atoms with Crippen LogP contribution in [0.3, 0.4) is 0 Å². The SMILES string of the molecule is Cc1nc(C(=O)N2CCC(C#N)(c3ccccc3)CC2)c(C)s1. The third kappa shape index (κ3) is 2.87. The van der Waals surface area contributed by atoms with Gasteiger partial charge in [0.25, 0.3) is 5.91 Å². The fraction of sp³-hybridized carbons (Fsp3) is 0.389. The molecule has 0 bridgehead atoms. The average molecular weight is 325 g/mol. The van der Waals surface area contributed by atoms with Crippen LogP contribution in [-0.4, -0.2) is 28.9 Å². The third-order valence-corrected chi connectivity index (χ3v) is 5.44. The standard InChI is InChI=1S/C18H19N3OS/c1-13-16(20-14(2)23-13)17(22)21-10-8-18(12-19,9-11-21)15-6-4-3-5-7-15/h3-7H,8-11H2,1-2H3. The van der Waals surface area contributed by atoms with Crippen LogP contribution in [0.5, 0.6) is 0 Å². The molecule has 1 aromatic heterocycles. The second kappa shape index (κ2) is 6.13. The number of aryl methyl sites for hydroxylation is 2. The van der Waals surface area contributed by atoms with E-state index in [4.69, 9.17) is 0 Å². The summed E-state index contributed by atoms with van der Waals surface area (Å²) >= 11 is 1.55. The summed E-state index contributed by atoms with van der Waals surface area (Å²) < 4.78 is 0. The van der Waals surface area contributed by atoms with Crippen molar-refractivity contribution in [3.63, 3.8) is 0 Å². The molecule has 1 saturated heterocycles. The number of carbonyl (C=O) groups excluding carboxylic acids is 1. The van der Waals surface area contributed by atoms with Gasteiger partial charge in [-0.3, -0.25) is 4.79 Å². The second-order valence-electron chi connectivity index (χ2n) is 5.99. The third-order valence-electron chi connectivity index (χ3n) is 4.55. The Morgan fingerprint density at radius 3 is 2.43 bits per heavy atom. The highest BCUT2D eigenvalue weighted by Crippen LogP contribution is 2.35. The lowest BCUT2D eigenvalue weighted by molar-refractivity contribution is 0.0686. The molecule has 4 nitrogen and oxygen atoms in total. The van der Waals surface area contributed by atoms with Crippen molar-refractivity contribution in [2.45, 2.75) is 32.1 Å². The van der Waals surface area contributed by atoms with Gasteiger partial charge in [-0.2, -0.15) is 5.26 Å². The number of hydrogen-bond donors (Lipinski definition) is 0. The summed E-state index contributed by atoms with van der Waals surface area (Å²) in [4.78, 5) is 19.8. The normalized spacial score (nSPS) is 16.8. The molecule has 0 N–H and O–H groups in total. The number of nitrogens with zero attached hydrogens (tertiary/aromatic N) is 3. The van der Waals surface area contributed by atoms with Crippen molar-refractivity contribution in [3.8, 4) is 6.07 Å². The fourth-order valence-electron chi connectivity index (χ4n) is 3.19. The Kier molecular flexibility index (Phi) is 4.18. The number of amides is 1. The molecular weight excluding hydrogens is 306 g/mol. The van der Waals surface area contributed by atoms with Gasteiger partial charge in [-0.25, -0.2) is 4.98 Å². The summed E-state index contributed by atoms with van der Waals surface area (Å²) in [5.74, 6) is -0.00792. The van der Waals surface area contributed by atoms with Gasteiger partial charge < -0.3 is 4.90 Å². The van der Waals surface area contributed by atoms with E-state index in [9.17, 15) is 10.1 Å². The summed E-state index contributed by atoms with van der Waals surface area (Å²) in [6, 6.07) is 12.4. The van der Waals surface area contributed by atoms with Gasteiger partial charge in [0, 0.05) is 18.0 Å². The zero-order valence-electron chi connectivity index (χ0n) is 13.4.